The molecule has 0 saturated heterocycles. The van der Waals surface area contributed by atoms with Crippen molar-refractivity contribution in [3.63, 3.8) is 0 Å². The molecule has 0 saturated carbocycles. The Kier molecular flexibility index (Phi) is 5.40. The van der Waals surface area contributed by atoms with E-state index in [2.05, 4.69) is 21.2 Å². The van der Waals surface area contributed by atoms with Crippen molar-refractivity contribution in [2.45, 2.75) is 6.04 Å². The third-order valence-electron chi connectivity index (χ3n) is 2.06. The second-order valence-electron chi connectivity index (χ2n) is 3.66. The van der Waals surface area contributed by atoms with Gasteiger partial charge in [-0.3, -0.25) is 10.1 Å². The Hall–Kier alpha value is -0.430. The van der Waals surface area contributed by atoms with Gasteiger partial charge in [0, 0.05) is 22.4 Å². The highest BCUT2D eigenvalue weighted by Gasteiger charge is 2.22. The second-order valence-corrected chi connectivity index (χ2v) is 5.46. The number of hydrogen-bond acceptors (Lipinski definition) is 4. The summed E-state index contributed by atoms with van der Waals surface area (Å²) in [5, 5.41) is 14.1. The maximum atomic E-state index is 11.1. The molecule has 1 heterocycles. The summed E-state index contributed by atoms with van der Waals surface area (Å²) in [6.07, 6.45) is 0. The maximum Gasteiger partial charge on any atom is 0.326 e. The number of carboxylic acid groups (broad SMARTS) is 1. The van der Waals surface area contributed by atoms with Gasteiger partial charge in [0.1, 0.15) is 6.04 Å². The smallest absolute Gasteiger partial charge is 0.326 e. The summed E-state index contributed by atoms with van der Waals surface area (Å²) >= 11 is 4.79. The molecule has 1 unspecified atom stereocenters. The molecule has 0 radical (unpaired) electrons. The standard InChI is InChI=1S/C10H15BrN2O2S/c1-13(2)5-4-12-8(10(14)15)9-7(11)3-6-16-9/h3,6,8,12H,4-5H2,1-2H3,(H,14,15). The normalized spacial score (nSPS) is 13.0. The van der Waals surface area contributed by atoms with E-state index in [1.54, 1.807) is 0 Å². The Morgan fingerprint density at radius 1 is 1.69 bits per heavy atom. The molecular weight excluding hydrogens is 292 g/mol. The Morgan fingerprint density at radius 3 is 2.81 bits per heavy atom. The largest absolute Gasteiger partial charge is 0.480 e. The predicted octanol–water partition coefficient (Wildman–Crippen LogP) is 1.79. The van der Waals surface area contributed by atoms with Gasteiger partial charge < -0.3 is 10.0 Å². The minimum atomic E-state index is -0.845. The fraction of sp³-hybridized carbons (Fsp3) is 0.500. The van der Waals surface area contributed by atoms with E-state index in [9.17, 15) is 4.79 Å². The first-order valence-corrected chi connectivity index (χ1v) is 6.53. The van der Waals surface area contributed by atoms with Gasteiger partial charge in [0.25, 0.3) is 0 Å². The number of carbonyl (C=O) groups is 1. The van der Waals surface area contributed by atoms with Crippen LogP contribution in [0.2, 0.25) is 0 Å². The first-order valence-electron chi connectivity index (χ1n) is 4.86. The van der Waals surface area contributed by atoms with Crippen LogP contribution in [0.3, 0.4) is 0 Å². The van der Waals surface area contributed by atoms with Crippen molar-refractivity contribution in [1.82, 2.24) is 10.2 Å². The Morgan fingerprint density at radius 2 is 2.38 bits per heavy atom. The van der Waals surface area contributed by atoms with Crippen LogP contribution in [0.25, 0.3) is 0 Å². The van der Waals surface area contributed by atoms with E-state index in [0.29, 0.717) is 6.54 Å². The molecule has 1 aromatic heterocycles. The van der Waals surface area contributed by atoms with E-state index in [0.717, 1.165) is 15.9 Å². The van der Waals surface area contributed by atoms with Crippen molar-refractivity contribution < 1.29 is 9.90 Å². The molecule has 6 heteroatoms. The number of nitrogens with zero attached hydrogens (tertiary/aromatic N) is 1. The molecule has 1 atom stereocenters. The second kappa shape index (κ2) is 6.34. The van der Waals surface area contributed by atoms with E-state index in [1.807, 2.05) is 30.4 Å². The number of hydrogen-bond donors (Lipinski definition) is 2. The topological polar surface area (TPSA) is 52.6 Å². The first-order chi connectivity index (χ1) is 7.52. The van der Waals surface area contributed by atoms with Crippen molar-refractivity contribution in [2.75, 3.05) is 27.2 Å². The summed E-state index contributed by atoms with van der Waals surface area (Å²) in [6.45, 7) is 1.46. The first kappa shape index (κ1) is 13.6. The lowest BCUT2D eigenvalue weighted by molar-refractivity contribution is -0.139. The number of halogens is 1. The molecule has 0 spiro atoms. The van der Waals surface area contributed by atoms with Crippen molar-refractivity contribution in [3.8, 4) is 0 Å². The minimum absolute atomic E-state index is 0.630. The Balaban J connectivity index is 2.62. The van der Waals surface area contributed by atoms with Gasteiger partial charge in [-0.25, -0.2) is 0 Å². The third kappa shape index (κ3) is 3.86. The molecular formula is C10H15BrN2O2S. The maximum absolute atomic E-state index is 11.1. The van der Waals surface area contributed by atoms with Crippen LogP contribution in [0.15, 0.2) is 15.9 Å². The number of rotatable bonds is 6. The molecule has 16 heavy (non-hydrogen) atoms. The van der Waals surface area contributed by atoms with E-state index in [4.69, 9.17) is 5.11 Å². The zero-order valence-electron chi connectivity index (χ0n) is 9.24. The zero-order chi connectivity index (χ0) is 12.1. The number of likely N-dealkylation sites (N-methyl/N-ethyl adjacent to an activating group) is 1. The zero-order valence-corrected chi connectivity index (χ0v) is 11.6. The van der Waals surface area contributed by atoms with Crippen LogP contribution in [-0.4, -0.2) is 43.2 Å². The van der Waals surface area contributed by atoms with Gasteiger partial charge in [-0.15, -0.1) is 11.3 Å². The van der Waals surface area contributed by atoms with Crippen LogP contribution in [0, 0.1) is 0 Å². The van der Waals surface area contributed by atoms with Crippen LogP contribution in [0.1, 0.15) is 10.9 Å². The van der Waals surface area contributed by atoms with Crippen LogP contribution >= 0.6 is 27.3 Å². The Labute approximate surface area is 107 Å². The summed E-state index contributed by atoms with van der Waals surface area (Å²) in [6, 6.07) is 1.23. The highest BCUT2D eigenvalue weighted by Crippen LogP contribution is 2.29. The fourth-order valence-corrected chi connectivity index (χ4v) is 2.90. The van der Waals surface area contributed by atoms with Crippen LogP contribution in [-0.2, 0) is 4.79 Å². The van der Waals surface area contributed by atoms with E-state index in [-0.39, 0.29) is 0 Å². The molecule has 0 fully saturated rings. The van der Waals surface area contributed by atoms with Gasteiger partial charge in [-0.2, -0.15) is 0 Å². The molecule has 2 N–H and O–H groups in total. The van der Waals surface area contributed by atoms with Crippen molar-refractivity contribution in [3.05, 3.63) is 20.8 Å². The average molecular weight is 307 g/mol. The minimum Gasteiger partial charge on any atom is -0.480 e. The summed E-state index contributed by atoms with van der Waals surface area (Å²) in [7, 11) is 3.91. The highest BCUT2D eigenvalue weighted by atomic mass is 79.9. The molecule has 0 aliphatic rings. The van der Waals surface area contributed by atoms with Crippen molar-refractivity contribution in [1.29, 1.82) is 0 Å². The van der Waals surface area contributed by atoms with E-state index in [1.165, 1.54) is 11.3 Å². The SMILES string of the molecule is CN(C)CCNC(C(=O)O)c1sccc1Br. The molecule has 1 aromatic rings. The van der Waals surface area contributed by atoms with Gasteiger partial charge in [-0.05, 0) is 41.5 Å². The summed E-state index contributed by atoms with van der Waals surface area (Å²) in [5.74, 6) is -0.845. The third-order valence-corrected chi connectivity index (χ3v) is 4.00. The predicted molar refractivity (Wildman–Crippen MR) is 69.0 cm³/mol. The summed E-state index contributed by atoms with van der Waals surface area (Å²) in [4.78, 5) is 14.0. The van der Waals surface area contributed by atoms with Gasteiger partial charge in [0.05, 0.1) is 0 Å². The van der Waals surface area contributed by atoms with Gasteiger partial charge in [0.15, 0.2) is 0 Å². The van der Waals surface area contributed by atoms with Gasteiger partial charge >= 0.3 is 5.97 Å². The lowest BCUT2D eigenvalue weighted by atomic mass is 10.2. The monoisotopic (exact) mass is 306 g/mol. The fourth-order valence-electron chi connectivity index (χ4n) is 1.24. The van der Waals surface area contributed by atoms with Crippen LogP contribution < -0.4 is 5.32 Å². The van der Waals surface area contributed by atoms with Crippen molar-refractivity contribution in [2.24, 2.45) is 0 Å². The average Bonchev–Trinajstić information content (AvgIpc) is 2.58. The van der Waals surface area contributed by atoms with E-state index >= 15 is 0 Å². The van der Waals surface area contributed by atoms with Crippen LogP contribution in [0.4, 0.5) is 0 Å². The summed E-state index contributed by atoms with van der Waals surface area (Å²) < 4.78 is 0.849. The van der Waals surface area contributed by atoms with Gasteiger partial charge in [-0.1, -0.05) is 0 Å². The number of nitrogens with one attached hydrogen (secondary N) is 1. The molecule has 0 aromatic carbocycles. The lowest BCUT2D eigenvalue weighted by Crippen LogP contribution is -2.33. The lowest BCUT2D eigenvalue weighted by Gasteiger charge is -2.15. The molecule has 4 nitrogen and oxygen atoms in total. The molecule has 0 amide bonds. The van der Waals surface area contributed by atoms with Crippen molar-refractivity contribution >= 4 is 33.2 Å². The quantitative estimate of drug-likeness (QED) is 0.841. The molecule has 0 bridgehead atoms. The van der Waals surface area contributed by atoms with Gasteiger partial charge in [0.2, 0.25) is 0 Å². The molecule has 1 rings (SSSR count). The summed E-state index contributed by atoms with van der Waals surface area (Å²) in [5.41, 5.74) is 0. The van der Waals surface area contributed by atoms with Crippen LogP contribution in [0.5, 0.6) is 0 Å². The molecule has 0 aliphatic carbocycles. The Bertz CT molecular complexity index is 354. The van der Waals surface area contributed by atoms with E-state index < -0.39 is 12.0 Å². The highest BCUT2D eigenvalue weighted by molar-refractivity contribution is 9.10. The number of aliphatic carboxylic acids is 1. The molecule has 90 valence electrons. The molecule has 0 aliphatic heterocycles. The number of carboxylic acids is 1. The number of thiophene rings is 1.